The van der Waals surface area contributed by atoms with E-state index in [9.17, 15) is 4.79 Å². The summed E-state index contributed by atoms with van der Waals surface area (Å²) in [6.45, 7) is 4.76. The number of esters is 1. The van der Waals surface area contributed by atoms with E-state index in [-0.39, 0.29) is 12.6 Å². The maximum Gasteiger partial charge on any atom is 0.344 e. The van der Waals surface area contributed by atoms with Crippen molar-refractivity contribution in [2.45, 2.75) is 49.3 Å². The summed E-state index contributed by atoms with van der Waals surface area (Å²) in [7, 11) is 0. The minimum absolute atomic E-state index is 0.0923. The van der Waals surface area contributed by atoms with Crippen molar-refractivity contribution in [3.63, 3.8) is 0 Å². The van der Waals surface area contributed by atoms with Crippen LogP contribution in [0.5, 0.6) is 11.5 Å². The van der Waals surface area contributed by atoms with E-state index in [1.54, 1.807) is 18.7 Å². The first-order chi connectivity index (χ1) is 17.6. The van der Waals surface area contributed by atoms with Crippen LogP contribution in [0.15, 0.2) is 76.5 Å². The highest BCUT2D eigenvalue weighted by atomic mass is 32.2. The van der Waals surface area contributed by atoms with Crippen LogP contribution in [0, 0.1) is 24.7 Å². The molecule has 186 valence electrons. The predicted octanol–water partition coefficient (Wildman–Crippen LogP) is 7.06. The molecule has 0 amide bonds. The van der Waals surface area contributed by atoms with Gasteiger partial charge in [-0.2, -0.15) is 0 Å². The lowest BCUT2D eigenvalue weighted by atomic mass is 10.1. The summed E-state index contributed by atoms with van der Waals surface area (Å²) in [4.78, 5) is 13.7. The molecule has 4 rings (SSSR count). The largest absolute Gasteiger partial charge is 0.493 e. The molecule has 36 heavy (non-hydrogen) atoms. The monoisotopic (exact) mass is 500 g/mol. The Labute approximate surface area is 218 Å². The summed E-state index contributed by atoms with van der Waals surface area (Å²) in [5, 5.41) is 0. The molecule has 0 bridgehead atoms. The molecule has 0 saturated heterocycles. The second-order valence-corrected chi connectivity index (χ2v) is 10.0. The van der Waals surface area contributed by atoms with Crippen LogP contribution >= 0.6 is 11.8 Å². The molecule has 3 aromatic carbocycles. The van der Waals surface area contributed by atoms with E-state index < -0.39 is 0 Å². The molecule has 3 aromatic rings. The molecule has 4 nitrogen and oxygen atoms in total. The Morgan fingerprint density at radius 1 is 0.917 bits per heavy atom. The Hall–Kier alpha value is -3.36. The molecule has 1 aliphatic carbocycles. The lowest BCUT2D eigenvalue weighted by Gasteiger charge is -2.13. The van der Waals surface area contributed by atoms with E-state index >= 15 is 0 Å². The zero-order valence-corrected chi connectivity index (χ0v) is 21.7. The van der Waals surface area contributed by atoms with Crippen molar-refractivity contribution in [3.8, 4) is 23.3 Å². The number of hydrogen-bond acceptors (Lipinski definition) is 5. The van der Waals surface area contributed by atoms with Gasteiger partial charge in [0, 0.05) is 20.9 Å². The van der Waals surface area contributed by atoms with Gasteiger partial charge in [0.05, 0.1) is 13.2 Å². The van der Waals surface area contributed by atoms with E-state index in [4.69, 9.17) is 14.2 Å². The summed E-state index contributed by atoms with van der Waals surface area (Å²) in [5.41, 5.74) is 2.87. The minimum Gasteiger partial charge on any atom is -0.493 e. The van der Waals surface area contributed by atoms with Crippen molar-refractivity contribution >= 4 is 17.7 Å². The summed E-state index contributed by atoms with van der Waals surface area (Å²) in [5.74, 6) is 8.37. The fraction of sp³-hybridized carbons (Fsp3) is 0.323. The summed E-state index contributed by atoms with van der Waals surface area (Å²) < 4.78 is 16.8. The quantitative estimate of drug-likeness (QED) is 0.233. The number of hydrogen-bond donors (Lipinski definition) is 0. The molecule has 0 heterocycles. The van der Waals surface area contributed by atoms with Crippen molar-refractivity contribution in [2.24, 2.45) is 5.92 Å². The maximum atomic E-state index is 11.6. The molecule has 5 heteroatoms. The number of carbonyl (C=O) groups is 1. The molecule has 1 saturated carbocycles. The Morgan fingerprint density at radius 3 is 2.44 bits per heavy atom. The van der Waals surface area contributed by atoms with Gasteiger partial charge >= 0.3 is 5.97 Å². The average Bonchev–Trinajstić information content (AvgIpc) is 3.40. The highest BCUT2D eigenvalue weighted by Crippen LogP contribution is 2.34. The number of benzene rings is 3. The molecule has 0 spiro atoms. The van der Waals surface area contributed by atoms with Crippen LogP contribution in [-0.4, -0.2) is 25.8 Å². The number of rotatable bonds is 9. The smallest absolute Gasteiger partial charge is 0.344 e. The van der Waals surface area contributed by atoms with Crippen molar-refractivity contribution in [2.75, 3.05) is 19.8 Å². The van der Waals surface area contributed by atoms with Crippen molar-refractivity contribution in [1.82, 2.24) is 0 Å². The van der Waals surface area contributed by atoms with Gasteiger partial charge in [0.1, 0.15) is 11.5 Å². The van der Waals surface area contributed by atoms with Gasteiger partial charge in [-0.25, -0.2) is 4.79 Å². The van der Waals surface area contributed by atoms with Gasteiger partial charge in [0.2, 0.25) is 0 Å². The van der Waals surface area contributed by atoms with Gasteiger partial charge in [0.15, 0.2) is 6.61 Å². The third-order valence-corrected chi connectivity index (χ3v) is 6.96. The van der Waals surface area contributed by atoms with Crippen molar-refractivity contribution in [3.05, 3.63) is 83.4 Å². The molecule has 0 aliphatic heterocycles. The van der Waals surface area contributed by atoms with E-state index in [1.165, 1.54) is 25.7 Å². The van der Waals surface area contributed by atoms with Gasteiger partial charge in [-0.05, 0) is 86.7 Å². The fourth-order valence-corrected chi connectivity index (χ4v) is 5.17. The lowest BCUT2D eigenvalue weighted by molar-refractivity contribution is -0.145. The Morgan fingerprint density at radius 2 is 1.69 bits per heavy atom. The molecule has 0 aromatic heterocycles. The average molecular weight is 501 g/mol. The van der Waals surface area contributed by atoms with E-state index in [2.05, 4.69) is 30.0 Å². The molecular weight excluding hydrogens is 468 g/mol. The third kappa shape index (κ3) is 7.83. The lowest BCUT2D eigenvalue weighted by Crippen LogP contribution is -2.14. The maximum absolute atomic E-state index is 11.6. The second kappa shape index (κ2) is 13.1. The van der Waals surface area contributed by atoms with Crippen LogP contribution in [0.4, 0.5) is 0 Å². The Balaban J connectivity index is 1.51. The zero-order chi connectivity index (χ0) is 25.2. The molecule has 0 N–H and O–H groups in total. The van der Waals surface area contributed by atoms with E-state index in [0.29, 0.717) is 18.3 Å². The first-order valence-electron chi connectivity index (χ1n) is 12.5. The number of carbonyl (C=O) groups excluding carboxylic acids is 1. The number of ether oxygens (including phenoxy) is 3. The van der Waals surface area contributed by atoms with Crippen LogP contribution < -0.4 is 9.47 Å². The van der Waals surface area contributed by atoms with E-state index in [1.807, 2.05) is 55.5 Å². The van der Waals surface area contributed by atoms with Crippen molar-refractivity contribution in [1.29, 1.82) is 0 Å². The van der Waals surface area contributed by atoms with Crippen LogP contribution in [0.3, 0.4) is 0 Å². The predicted molar refractivity (Wildman–Crippen MR) is 144 cm³/mol. The molecule has 0 unspecified atom stereocenters. The first kappa shape index (κ1) is 25.7. The normalized spacial score (nSPS) is 13.1. The Bertz CT molecular complexity index is 1220. The number of aryl methyl sites for hydroxylation is 1. The van der Waals surface area contributed by atoms with Crippen molar-refractivity contribution < 1.29 is 19.0 Å². The fourth-order valence-electron chi connectivity index (χ4n) is 4.17. The van der Waals surface area contributed by atoms with Gasteiger partial charge in [-0.15, -0.1) is 0 Å². The zero-order valence-electron chi connectivity index (χ0n) is 20.9. The van der Waals surface area contributed by atoms with Crippen LogP contribution in [0.25, 0.3) is 0 Å². The molecule has 1 aliphatic rings. The highest BCUT2D eigenvalue weighted by molar-refractivity contribution is 7.99. The summed E-state index contributed by atoms with van der Waals surface area (Å²) >= 11 is 1.66. The third-order valence-electron chi connectivity index (χ3n) is 6.00. The van der Waals surface area contributed by atoms with Gasteiger partial charge in [0.25, 0.3) is 0 Å². The minimum atomic E-state index is -0.367. The van der Waals surface area contributed by atoms with Gasteiger partial charge in [-0.3, -0.25) is 0 Å². The van der Waals surface area contributed by atoms with Crippen LogP contribution in [0.1, 0.15) is 49.3 Å². The standard InChI is InChI=1S/C31H32O4S/c1-3-33-31(32)22-35-30-16-15-28(17-23(30)2)36-29-19-26(14-13-24-9-5-4-6-10-24)18-27(20-29)34-21-25-11-7-8-12-25/h4-6,9-10,15-20,25H,3,7-8,11-12,21-22H2,1-2H3. The topological polar surface area (TPSA) is 44.8 Å². The summed E-state index contributed by atoms with van der Waals surface area (Å²) in [6.07, 6.45) is 5.10. The molecule has 1 fully saturated rings. The highest BCUT2D eigenvalue weighted by Gasteiger charge is 2.16. The first-order valence-corrected chi connectivity index (χ1v) is 13.3. The second-order valence-electron chi connectivity index (χ2n) is 8.89. The van der Waals surface area contributed by atoms with E-state index in [0.717, 1.165) is 38.8 Å². The summed E-state index contributed by atoms with van der Waals surface area (Å²) in [6, 6.07) is 22.2. The molecule has 0 atom stereocenters. The van der Waals surface area contributed by atoms with Crippen LogP contribution in [-0.2, 0) is 9.53 Å². The molecule has 0 radical (unpaired) electrons. The van der Waals surface area contributed by atoms with Gasteiger partial charge < -0.3 is 14.2 Å². The molecular formula is C31H32O4S. The Kier molecular flexibility index (Phi) is 9.35. The van der Waals surface area contributed by atoms with Crippen LogP contribution in [0.2, 0.25) is 0 Å². The van der Waals surface area contributed by atoms with Gasteiger partial charge in [-0.1, -0.05) is 54.6 Å². The SMILES string of the molecule is CCOC(=O)COc1ccc(Sc2cc(C#Cc3ccccc3)cc(OCC3CCCC3)c2)cc1C.